The Morgan fingerprint density at radius 2 is 2.25 bits per heavy atom. The topological polar surface area (TPSA) is 34.9 Å². The predicted molar refractivity (Wildman–Crippen MR) is 65.0 cm³/mol. The zero-order valence-electron chi connectivity index (χ0n) is 9.36. The summed E-state index contributed by atoms with van der Waals surface area (Å²) in [5.74, 6) is 1.19. The Morgan fingerprint density at radius 3 is 2.81 bits per heavy atom. The van der Waals surface area contributed by atoms with Crippen molar-refractivity contribution in [3.8, 4) is 0 Å². The first-order valence-corrected chi connectivity index (χ1v) is 6.48. The molecule has 0 N–H and O–H groups in total. The molecule has 1 aromatic rings. The zero-order chi connectivity index (χ0) is 11.4. The van der Waals surface area contributed by atoms with Crippen LogP contribution in [0.15, 0.2) is 17.1 Å². The maximum Gasteiger partial charge on any atom is 0.347 e. The van der Waals surface area contributed by atoms with Crippen LogP contribution in [0.1, 0.15) is 43.7 Å². The van der Waals surface area contributed by atoms with Gasteiger partial charge in [0.15, 0.2) is 0 Å². The monoisotopic (exact) mass is 240 g/mol. The summed E-state index contributed by atoms with van der Waals surface area (Å²) >= 11 is 5.60. The average molecular weight is 241 g/mol. The van der Waals surface area contributed by atoms with E-state index >= 15 is 0 Å². The van der Waals surface area contributed by atoms with Gasteiger partial charge in [-0.05, 0) is 31.7 Å². The van der Waals surface area contributed by atoms with Crippen molar-refractivity contribution in [3.63, 3.8) is 0 Å². The zero-order valence-corrected chi connectivity index (χ0v) is 10.1. The van der Waals surface area contributed by atoms with Gasteiger partial charge in [-0.25, -0.2) is 4.79 Å². The van der Waals surface area contributed by atoms with Crippen molar-refractivity contribution in [1.29, 1.82) is 0 Å². The van der Waals surface area contributed by atoms with Crippen LogP contribution in [0.25, 0.3) is 0 Å². The fourth-order valence-corrected chi connectivity index (χ4v) is 2.11. The summed E-state index contributed by atoms with van der Waals surface area (Å²) in [6.07, 6.45) is 7.39. The average Bonchev–Trinajstić information content (AvgIpc) is 2.19. The number of alkyl halides is 1. The van der Waals surface area contributed by atoms with Gasteiger partial charge < -0.3 is 0 Å². The van der Waals surface area contributed by atoms with E-state index in [2.05, 4.69) is 4.98 Å². The van der Waals surface area contributed by atoms with Crippen LogP contribution in [0.4, 0.5) is 0 Å². The summed E-state index contributed by atoms with van der Waals surface area (Å²) < 4.78 is 1.68. The second kappa shape index (κ2) is 5.48. The highest BCUT2D eigenvalue weighted by Crippen LogP contribution is 2.34. The maximum absolute atomic E-state index is 11.7. The van der Waals surface area contributed by atoms with E-state index < -0.39 is 0 Å². The predicted octanol–water partition coefficient (Wildman–Crippen LogP) is 2.53. The lowest BCUT2D eigenvalue weighted by Gasteiger charge is -2.24. The summed E-state index contributed by atoms with van der Waals surface area (Å²) in [4.78, 5) is 15.8. The molecule has 1 aliphatic carbocycles. The van der Waals surface area contributed by atoms with Gasteiger partial charge in [0, 0.05) is 24.5 Å². The van der Waals surface area contributed by atoms with Crippen LogP contribution < -0.4 is 5.69 Å². The molecule has 16 heavy (non-hydrogen) atoms. The summed E-state index contributed by atoms with van der Waals surface area (Å²) in [6, 6.07) is 1.99. The minimum Gasteiger partial charge on any atom is -0.299 e. The van der Waals surface area contributed by atoms with E-state index in [1.165, 1.54) is 19.3 Å². The molecule has 0 radical (unpaired) electrons. The largest absolute Gasteiger partial charge is 0.347 e. The minimum absolute atomic E-state index is 0.112. The van der Waals surface area contributed by atoms with Gasteiger partial charge in [0.2, 0.25) is 0 Å². The second-order valence-corrected chi connectivity index (χ2v) is 4.73. The summed E-state index contributed by atoms with van der Waals surface area (Å²) in [7, 11) is 0. The highest BCUT2D eigenvalue weighted by Gasteiger charge is 2.21. The maximum atomic E-state index is 11.7. The fourth-order valence-electron chi connectivity index (χ4n) is 1.92. The Labute approximate surface area is 100 Å². The van der Waals surface area contributed by atoms with Crippen LogP contribution in [-0.2, 0) is 6.54 Å². The first-order chi connectivity index (χ1) is 7.81. The standard InChI is InChI=1S/C12H17ClN2O/c13-7-1-2-8-15-9-6-11(14-12(15)16)10-4-3-5-10/h6,9-10H,1-5,7-8H2. The van der Waals surface area contributed by atoms with Crippen molar-refractivity contribution >= 4 is 11.6 Å². The molecule has 0 bridgehead atoms. The summed E-state index contributed by atoms with van der Waals surface area (Å²) in [6.45, 7) is 0.726. The molecule has 88 valence electrons. The van der Waals surface area contributed by atoms with Crippen LogP contribution in [0.5, 0.6) is 0 Å². The quantitative estimate of drug-likeness (QED) is 0.586. The Balaban J connectivity index is 2.01. The molecule has 0 spiro atoms. The van der Waals surface area contributed by atoms with Gasteiger partial charge in [0.1, 0.15) is 0 Å². The molecular formula is C12H17ClN2O. The van der Waals surface area contributed by atoms with Gasteiger partial charge in [-0.1, -0.05) is 6.42 Å². The van der Waals surface area contributed by atoms with Gasteiger partial charge in [0.05, 0.1) is 5.69 Å². The number of hydrogen-bond acceptors (Lipinski definition) is 2. The molecule has 2 rings (SSSR count). The number of halogens is 1. The highest BCUT2D eigenvalue weighted by atomic mass is 35.5. The number of rotatable bonds is 5. The van der Waals surface area contributed by atoms with Crippen molar-refractivity contribution < 1.29 is 0 Å². The van der Waals surface area contributed by atoms with Crippen LogP contribution in [0.3, 0.4) is 0 Å². The Hall–Kier alpha value is -0.830. The van der Waals surface area contributed by atoms with Crippen molar-refractivity contribution in [2.45, 2.75) is 44.6 Å². The van der Waals surface area contributed by atoms with Crippen LogP contribution in [0.2, 0.25) is 0 Å². The molecule has 0 aliphatic heterocycles. The Kier molecular flexibility index (Phi) is 3.99. The van der Waals surface area contributed by atoms with Crippen LogP contribution >= 0.6 is 11.6 Å². The highest BCUT2D eigenvalue weighted by molar-refractivity contribution is 6.17. The van der Waals surface area contributed by atoms with E-state index in [0.29, 0.717) is 11.8 Å². The molecule has 0 aromatic carbocycles. The molecule has 1 saturated carbocycles. The van der Waals surface area contributed by atoms with Gasteiger partial charge in [0.25, 0.3) is 0 Å². The first-order valence-electron chi connectivity index (χ1n) is 5.94. The molecule has 0 atom stereocenters. The van der Waals surface area contributed by atoms with Gasteiger partial charge >= 0.3 is 5.69 Å². The molecule has 4 heteroatoms. The number of aryl methyl sites for hydroxylation is 1. The molecule has 0 saturated heterocycles. The summed E-state index contributed by atoms with van der Waals surface area (Å²) in [5.41, 5.74) is 0.865. The molecule has 1 aliphatic rings. The SMILES string of the molecule is O=c1nc(C2CCC2)ccn1CCCCCl. The van der Waals surface area contributed by atoms with Crippen LogP contribution in [0, 0.1) is 0 Å². The van der Waals surface area contributed by atoms with E-state index in [-0.39, 0.29) is 5.69 Å². The number of nitrogens with zero attached hydrogens (tertiary/aromatic N) is 2. The number of aromatic nitrogens is 2. The minimum atomic E-state index is -0.112. The summed E-state index contributed by atoms with van der Waals surface area (Å²) in [5, 5.41) is 0. The van der Waals surface area contributed by atoms with Gasteiger partial charge in [-0.2, -0.15) is 4.98 Å². The van der Waals surface area contributed by atoms with Crippen molar-refractivity contribution in [3.05, 3.63) is 28.4 Å². The van der Waals surface area contributed by atoms with E-state index in [0.717, 1.165) is 25.1 Å². The third-order valence-corrected chi connectivity index (χ3v) is 3.47. The Bertz CT molecular complexity index is 398. The molecule has 1 aromatic heterocycles. The van der Waals surface area contributed by atoms with E-state index in [4.69, 9.17) is 11.6 Å². The van der Waals surface area contributed by atoms with Gasteiger partial charge in [-0.3, -0.25) is 4.57 Å². The van der Waals surface area contributed by atoms with Crippen molar-refractivity contribution in [2.24, 2.45) is 0 Å². The normalized spacial score (nSPS) is 16.1. The Morgan fingerprint density at radius 1 is 1.44 bits per heavy atom. The van der Waals surface area contributed by atoms with E-state index in [1.807, 2.05) is 12.3 Å². The fraction of sp³-hybridized carbons (Fsp3) is 0.667. The van der Waals surface area contributed by atoms with Crippen LogP contribution in [-0.4, -0.2) is 15.4 Å². The van der Waals surface area contributed by atoms with Crippen molar-refractivity contribution in [2.75, 3.05) is 5.88 Å². The second-order valence-electron chi connectivity index (χ2n) is 4.35. The van der Waals surface area contributed by atoms with E-state index in [1.54, 1.807) is 4.57 Å². The number of unbranched alkanes of at least 4 members (excludes halogenated alkanes) is 1. The lowest BCUT2D eigenvalue weighted by atomic mass is 9.83. The van der Waals surface area contributed by atoms with Crippen molar-refractivity contribution in [1.82, 2.24) is 9.55 Å². The lowest BCUT2D eigenvalue weighted by Crippen LogP contribution is -2.25. The molecule has 1 fully saturated rings. The smallest absolute Gasteiger partial charge is 0.299 e. The molecule has 0 unspecified atom stereocenters. The molecule has 0 amide bonds. The van der Waals surface area contributed by atoms with Gasteiger partial charge in [-0.15, -0.1) is 11.6 Å². The molecule has 3 nitrogen and oxygen atoms in total. The first kappa shape index (κ1) is 11.6. The third-order valence-electron chi connectivity index (χ3n) is 3.20. The third kappa shape index (κ3) is 2.64. The molecular weight excluding hydrogens is 224 g/mol. The van der Waals surface area contributed by atoms with E-state index in [9.17, 15) is 4.79 Å². The number of hydrogen-bond donors (Lipinski definition) is 0. The lowest BCUT2D eigenvalue weighted by molar-refractivity contribution is 0.407. The molecule has 1 heterocycles.